The highest BCUT2D eigenvalue weighted by molar-refractivity contribution is 5.68. The molecule has 13 heteroatoms. The molecule has 1 aromatic heterocycles. The Labute approximate surface area is 255 Å². The van der Waals surface area contributed by atoms with E-state index in [1.165, 1.54) is 32.2 Å². The van der Waals surface area contributed by atoms with Crippen LogP contribution in [0.4, 0.5) is 22.0 Å². The van der Waals surface area contributed by atoms with Crippen molar-refractivity contribution in [1.82, 2.24) is 14.5 Å². The summed E-state index contributed by atoms with van der Waals surface area (Å²) in [4.78, 5) is 39.1. The molecule has 4 rings (SSSR count). The predicted octanol–water partition coefficient (Wildman–Crippen LogP) is 5.54. The molecule has 8 nitrogen and oxygen atoms in total. The summed E-state index contributed by atoms with van der Waals surface area (Å²) in [6.07, 6.45) is -5.45. The number of benzene rings is 3. The van der Waals surface area contributed by atoms with Crippen molar-refractivity contribution in [2.45, 2.75) is 45.1 Å². The minimum atomic E-state index is -4.98. The molecule has 45 heavy (non-hydrogen) atoms. The number of ether oxygens (including phenoxy) is 1. The number of carbonyl (C=O) groups is 1. The molecule has 0 radical (unpaired) electrons. The monoisotopic (exact) mass is 632 g/mol. The fourth-order valence-corrected chi connectivity index (χ4v) is 5.01. The molecule has 4 aromatic rings. The van der Waals surface area contributed by atoms with Crippen LogP contribution in [0.3, 0.4) is 0 Å². The maximum atomic E-state index is 15.6. The molecule has 0 amide bonds. The molecular weight excluding hydrogens is 601 g/mol. The number of aromatic nitrogens is 2. The molecular formula is C32H30F5N3O5. The van der Waals surface area contributed by atoms with E-state index in [1.807, 2.05) is 0 Å². The second-order valence-electron chi connectivity index (χ2n) is 10.1. The lowest BCUT2D eigenvalue weighted by Crippen LogP contribution is -2.45. The molecule has 3 aromatic carbocycles. The Balaban J connectivity index is 1.97. The van der Waals surface area contributed by atoms with Crippen LogP contribution in [0.1, 0.15) is 42.6 Å². The number of nitrogens with zero attached hydrogens (tertiary/aromatic N) is 2. The molecule has 238 valence electrons. The fraction of sp³-hybridized carbons (Fsp3) is 0.281. The second kappa shape index (κ2) is 13.9. The van der Waals surface area contributed by atoms with E-state index in [2.05, 4.69) is 5.32 Å². The van der Waals surface area contributed by atoms with Crippen LogP contribution >= 0.6 is 0 Å². The molecule has 2 atom stereocenters. The molecule has 0 bridgehead atoms. The Kier molecular flexibility index (Phi) is 9.77. The zero-order chi connectivity index (χ0) is 33.8. The molecule has 0 saturated heterocycles. The lowest BCUT2D eigenvalue weighted by atomic mass is 10.0. The van der Waals surface area contributed by atoms with Crippen molar-refractivity contribution in [3.8, 4) is 16.9 Å². The molecule has 0 aliphatic heterocycles. The van der Waals surface area contributed by atoms with E-state index in [9.17, 15) is 31.9 Å². The van der Waals surface area contributed by atoms with E-state index >= 15 is 4.39 Å². The van der Waals surface area contributed by atoms with E-state index in [0.29, 0.717) is 16.2 Å². The Morgan fingerprint density at radius 3 is 2.36 bits per heavy atom. The van der Waals surface area contributed by atoms with Gasteiger partial charge in [0.25, 0.3) is 5.56 Å². The van der Waals surface area contributed by atoms with Crippen LogP contribution in [0, 0.1) is 18.6 Å². The van der Waals surface area contributed by atoms with Gasteiger partial charge in [-0.2, -0.15) is 13.2 Å². The van der Waals surface area contributed by atoms with E-state index in [4.69, 9.17) is 11.2 Å². The Hall–Kier alpha value is -4.78. The molecule has 2 N–H and O–H groups in total. The number of carboxylic acids is 1. The maximum absolute atomic E-state index is 15.6. The molecule has 0 spiro atoms. The van der Waals surface area contributed by atoms with Crippen molar-refractivity contribution >= 4 is 5.97 Å². The number of methoxy groups -OCH3 is 1. The number of hydrogen-bond donors (Lipinski definition) is 2. The van der Waals surface area contributed by atoms with E-state index in [1.54, 1.807) is 30.3 Å². The molecule has 0 aliphatic carbocycles. The molecule has 0 aliphatic rings. The highest BCUT2D eigenvalue weighted by Gasteiger charge is 2.35. The normalized spacial score (nSPS) is 13.3. The fourth-order valence-electron chi connectivity index (χ4n) is 5.01. The van der Waals surface area contributed by atoms with Gasteiger partial charge in [0, 0.05) is 24.6 Å². The Morgan fingerprint density at radius 1 is 1.02 bits per heavy atom. The largest absolute Gasteiger partial charge is 0.494 e. The van der Waals surface area contributed by atoms with Crippen LogP contribution in [-0.2, 0) is 24.1 Å². The third kappa shape index (κ3) is 7.31. The van der Waals surface area contributed by atoms with Crippen molar-refractivity contribution in [2.24, 2.45) is 0 Å². The van der Waals surface area contributed by atoms with Gasteiger partial charge in [0.05, 0.1) is 37.4 Å². The lowest BCUT2D eigenvalue weighted by Gasteiger charge is -2.23. The summed E-state index contributed by atoms with van der Waals surface area (Å²) in [7, 11) is 1.20. The van der Waals surface area contributed by atoms with Crippen molar-refractivity contribution in [2.75, 3.05) is 13.6 Å². The number of alkyl halides is 3. The number of rotatable bonds is 12. The summed E-state index contributed by atoms with van der Waals surface area (Å²) in [6, 6.07) is 13.6. The van der Waals surface area contributed by atoms with Crippen LogP contribution < -0.4 is 21.3 Å². The van der Waals surface area contributed by atoms with Gasteiger partial charge in [0.2, 0.25) is 0 Å². The van der Waals surface area contributed by atoms with Gasteiger partial charge in [0.15, 0.2) is 11.6 Å². The van der Waals surface area contributed by atoms with E-state index in [-0.39, 0.29) is 35.4 Å². The highest BCUT2D eigenvalue weighted by atomic mass is 19.4. The van der Waals surface area contributed by atoms with Crippen LogP contribution in [-0.4, -0.2) is 33.8 Å². The van der Waals surface area contributed by atoms with Crippen molar-refractivity contribution in [3.05, 3.63) is 122 Å². The number of hydrogen-bond acceptors (Lipinski definition) is 5. The van der Waals surface area contributed by atoms with Gasteiger partial charge < -0.3 is 15.2 Å². The lowest BCUT2D eigenvalue weighted by molar-refractivity contribution is -0.138. The average molecular weight is 633 g/mol. The standard InChI is InChI=1S/C32H30F5N3O5/c1-19-28(21-11-6-14-26(45-2)29(21)34)30(43)40(18-25(20-9-4-3-5-10-20)38-16-8-15-27(41)42)31(44)39(19)17-22-23(32(35,36)37)12-7-13-24(22)33/h3-7,9-14,25,38H,8,15-18H2,1-2H3,(H,41,42)/t25-/m1/s1/i16D/t16?,25-. The van der Waals surface area contributed by atoms with E-state index < -0.39 is 71.8 Å². The quantitative estimate of drug-likeness (QED) is 0.199. The predicted molar refractivity (Wildman–Crippen MR) is 156 cm³/mol. The van der Waals surface area contributed by atoms with Crippen molar-refractivity contribution < 1.29 is 38.0 Å². The van der Waals surface area contributed by atoms with Crippen LogP contribution in [0.2, 0.25) is 0 Å². The first-order chi connectivity index (χ1) is 21.7. The summed E-state index contributed by atoms with van der Waals surface area (Å²) in [5.41, 5.74) is -4.70. The summed E-state index contributed by atoms with van der Waals surface area (Å²) in [5, 5.41) is 11.9. The smallest absolute Gasteiger partial charge is 0.416 e. The zero-order valence-corrected chi connectivity index (χ0v) is 24.2. The minimum absolute atomic E-state index is 0.126. The summed E-state index contributed by atoms with van der Waals surface area (Å²) >= 11 is 0. The van der Waals surface area contributed by atoms with Crippen molar-refractivity contribution in [1.29, 1.82) is 0 Å². The number of carboxylic acid groups (broad SMARTS) is 1. The van der Waals surface area contributed by atoms with Gasteiger partial charge in [-0.3, -0.25) is 18.7 Å². The third-order valence-electron chi connectivity index (χ3n) is 7.27. The van der Waals surface area contributed by atoms with Crippen LogP contribution in [0.15, 0.2) is 76.3 Å². The highest BCUT2D eigenvalue weighted by Crippen LogP contribution is 2.34. The van der Waals surface area contributed by atoms with Gasteiger partial charge in [-0.05, 0) is 43.6 Å². The first-order valence-corrected chi connectivity index (χ1v) is 13.7. The summed E-state index contributed by atoms with van der Waals surface area (Å²) in [5.74, 6) is -3.59. The van der Waals surface area contributed by atoms with Gasteiger partial charge in [-0.1, -0.05) is 48.5 Å². The minimum Gasteiger partial charge on any atom is -0.494 e. The Bertz CT molecular complexity index is 1840. The summed E-state index contributed by atoms with van der Waals surface area (Å²) < 4.78 is 87.1. The zero-order valence-electron chi connectivity index (χ0n) is 25.2. The van der Waals surface area contributed by atoms with Gasteiger partial charge in [-0.15, -0.1) is 0 Å². The second-order valence-corrected chi connectivity index (χ2v) is 10.1. The van der Waals surface area contributed by atoms with Crippen LogP contribution in [0.25, 0.3) is 11.1 Å². The first kappa shape index (κ1) is 31.6. The number of nitrogens with one attached hydrogen (secondary N) is 1. The van der Waals surface area contributed by atoms with Crippen molar-refractivity contribution in [3.63, 3.8) is 0 Å². The van der Waals surface area contributed by atoms with Gasteiger partial charge in [0.1, 0.15) is 5.82 Å². The van der Waals surface area contributed by atoms with Crippen LogP contribution in [0.5, 0.6) is 5.75 Å². The Morgan fingerprint density at radius 2 is 1.71 bits per heavy atom. The van der Waals surface area contributed by atoms with Gasteiger partial charge >= 0.3 is 17.8 Å². The number of halogens is 5. The van der Waals surface area contributed by atoms with E-state index in [0.717, 1.165) is 16.7 Å². The molecule has 1 heterocycles. The molecule has 0 saturated carbocycles. The first-order valence-electron chi connectivity index (χ1n) is 14.3. The topological polar surface area (TPSA) is 103 Å². The SMILES string of the molecule is [2H]C(CCC(=O)O)N[C@H](Cn1c(=O)c(-c2cccc(OC)c2F)c(C)n(Cc2c(F)cccc2C(F)(F)F)c1=O)c1ccccc1. The van der Waals surface area contributed by atoms with Gasteiger partial charge in [-0.25, -0.2) is 13.6 Å². The average Bonchev–Trinajstić information content (AvgIpc) is 3.01. The summed E-state index contributed by atoms with van der Waals surface area (Å²) in [6.45, 7) is -1.36. The third-order valence-corrected chi connectivity index (χ3v) is 7.27. The maximum Gasteiger partial charge on any atom is 0.416 e. The molecule has 1 unspecified atom stereocenters. The molecule has 0 fully saturated rings. The number of aliphatic carboxylic acids is 1.